The molecule has 18 heavy (non-hydrogen) atoms. The number of benzene rings is 1. The maximum Gasteiger partial charge on any atom is 0.337 e. The van der Waals surface area contributed by atoms with E-state index >= 15 is 0 Å². The smallest absolute Gasteiger partial charge is 0.337 e. The van der Waals surface area contributed by atoms with Gasteiger partial charge in [-0.15, -0.1) is 0 Å². The van der Waals surface area contributed by atoms with Crippen LogP contribution < -0.4 is 5.32 Å². The number of hydrogen-bond acceptors (Lipinski definition) is 3. The third-order valence-corrected chi connectivity index (χ3v) is 3.45. The van der Waals surface area contributed by atoms with Crippen LogP contribution in [0.4, 0.5) is 0 Å². The first-order valence-electron chi connectivity index (χ1n) is 6.06. The minimum Gasteiger partial charge on any atom is -0.465 e. The first-order chi connectivity index (χ1) is 8.61. The standard InChI is InChI=1S/C14H17NO3/c1-9-8-15-13(16)12(9)7-10-3-5-11(6-4-10)14(17)18-2/h3-6,9,12H,7-8H2,1-2H3,(H,15,16)/t9?,12-/m1/s1. The predicted octanol–water partition coefficient (Wildman–Crippen LogP) is 1.40. The molecular weight excluding hydrogens is 230 g/mol. The van der Waals surface area contributed by atoms with Crippen LogP contribution in [-0.2, 0) is 16.0 Å². The highest BCUT2D eigenvalue weighted by Gasteiger charge is 2.31. The van der Waals surface area contributed by atoms with Crippen LogP contribution in [0.15, 0.2) is 24.3 Å². The van der Waals surface area contributed by atoms with E-state index in [1.807, 2.05) is 12.1 Å². The first kappa shape index (κ1) is 12.6. The Labute approximate surface area is 106 Å². The molecule has 0 saturated carbocycles. The van der Waals surface area contributed by atoms with Crippen molar-refractivity contribution in [2.45, 2.75) is 13.3 Å². The van der Waals surface area contributed by atoms with E-state index in [-0.39, 0.29) is 17.8 Å². The molecule has 1 aliphatic rings. The minimum absolute atomic E-state index is 0.0361. The number of ether oxygens (including phenoxy) is 1. The van der Waals surface area contributed by atoms with Crippen LogP contribution in [0, 0.1) is 11.8 Å². The van der Waals surface area contributed by atoms with E-state index in [1.165, 1.54) is 7.11 Å². The van der Waals surface area contributed by atoms with Gasteiger partial charge in [0, 0.05) is 12.5 Å². The average Bonchev–Trinajstić information content (AvgIpc) is 2.70. The molecule has 96 valence electrons. The lowest BCUT2D eigenvalue weighted by Gasteiger charge is -2.12. The molecule has 1 unspecified atom stereocenters. The van der Waals surface area contributed by atoms with Gasteiger partial charge in [0.2, 0.25) is 5.91 Å². The van der Waals surface area contributed by atoms with Gasteiger partial charge >= 0.3 is 5.97 Å². The third kappa shape index (κ3) is 2.53. The number of amides is 1. The van der Waals surface area contributed by atoms with Crippen LogP contribution in [0.1, 0.15) is 22.8 Å². The van der Waals surface area contributed by atoms with Gasteiger partial charge in [-0.05, 0) is 30.0 Å². The molecule has 1 aromatic rings. The van der Waals surface area contributed by atoms with Gasteiger partial charge in [0.15, 0.2) is 0 Å². The van der Waals surface area contributed by atoms with Crippen molar-refractivity contribution in [2.75, 3.05) is 13.7 Å². The number of methoxy groups -OCH3 is 1. The van der Waals surface area contributed by atoms with Gasteiger partial charge < -0.3 is 10.1 Å². The number of carbonyl (C=O) groups excluding carboxylic acids is 2. The molecule has 0 aromatic heterocycles. The van der Waals surface area contributed by atoms with Crippen molar-refractivity contribution in [2.24, 2.45) is 11.8 Å². The van der Waals surface area contributed by atoms with Gasteiger partial charge in [0.05, 0.1) is 12.7 Å². The number of esters is 1. The Kier molecular flexibility index (Phi) is 3.65. The Bertz CT molecular complexity index is 453. The van der Waals surface area contributed by atoms with E-state index in [2.05, 4.69) is 17.0 Å². The summed E-state index contributed by atoms with van der Waals surface area (Å²) in [5.41, 5.74) is 1.60. The largest absolute Gasteiger partial charge is 0.465 e. The van der Waals surface area contributed by atoms with Gasteiger partial charge in [-0.25, -0.2) is 4.79 Å². The third-order valence-electron chi connectivity index (χ3n) is 3.45. The van der Waals surface area contributed by atoms with Crippen LogP contribution >= 0.6 is 0 Å². The molecule has 0 aliphatic carbocycles. The molecular formula is C14H17NO3. The molecule has 1 aromatic carbocycles. The zero-order chi connectivity index (χ0) is 13.1. The summed E-state index contributed by atoms with van der Waals surface area (Å²) in [6.07, 6.45) is 0.717. The molecule has 1 amide bonds. The quantitative estimate of drug-likeness (QED) is 0.821. The van der Waals surface area contributed by atoms with E-state index in [9.17, 15) is 9.59 Å². The maximum atomic E-state index is 11.6. The minimum atomic E-state index is -0.339. The van der Waals surface area contributed by atoms with Gasteiger partial charge in [-0.3, -0.25) is 4.79 Å². The number of hydrogen-bond donors (Lipinski definition) is 1. The van der Waals surface area contributed by atoms with E-state index in [4.69, 9.17) is 0 Å². The zero-order valence-corrected chi connectivity index (χ0v) is 10.6. The van der Waals surface area contributed by atoms with Gasteiger partial charge in [0.25, 0.3) is 0 Å². The van der Waals surface area contributed by atoms with E-state index < -0.39 is 0 Å². The van der Waals surface area contributed by atoms with Gasteiger partial charge in [-0.1, -0.05) is 19.1 Å². The molecule has 0 bridgehead atoms. The first-order valence-corrected chi connectivity index (χ1v) is 6.06. The highest BCUT2D eigenvalue weighted by molar-refractivity contribution is 5.89. The van der Waals surface area contributed by atoms with Crippen molar-refractivity contribution in [3.05, 3.63) is 35.4 Å². The lowest BCUT2D eigenvalue weighted by atomic mass is 9.90. The molecule has 1 N–H and O–H groups in total. The van der Waals surface area contributed by atoms with E-state index in [0.717, 1.165) is 12.1 Å². The normalized spacial score (nSPS) is 22.7. The molecule has 1 aliphatic heterocycles. The summed E-state index contributed by atoms with van der Waals surface area (Å²) in [6.45, 7) is 2.83. The summed E-state index contributed by atoms with van der Waals surface area (Å²) in [5, 5.41) is 2.87. The van der Waals surface area contributed by atoms with Crippen LogP contribution in [0.25, 0.3) is 0 Å². The predicted molar refractivity (Wildman–Crippen MR) is 67.1 cm³/mol. The number of nitrogens with one attached hydrogen (secondary N) is 1. The number of rotatable bonds is 3. The molecule has 0 spiro atoms. The van der Waals surface area contributed by atoms with Crippen molar-refractivity contribution in [3.63, 3.8) is 0 Å². The molecule has 4 heteroatoms. The lowest BCUT2D eigenvalue weighted by molar-refractivity contribution is -0.122. The topological polar surface area (TPSA) is 55.4 Å². The maximum absolute atomic E-state index is 11.6. The Balaban J connectivity index is 2.06. The molecule has 1 saturated heterocycles. The van der Waals surface area contributed by atoms with Gasteiger partial charge in [0.1, 0.15) is 0 Å². The molecule has 2 rings (SSSR count). The molecule has 1 heterocycles. The summed E-state index contributed by atoms with van der Waals surface area (Å²) >= 11 is 0. The lowest BCUT2D eigenvalue weighted by Crippen LogP contribution is -2.21. The van der Waals surface area contributed by atoms with Crippen LogP contribution in [0.5, 0.6) is 0 Å². The second kappa shape index (κ2) is 5.21. The summed E-state index contributed by atoms with van der Waals surface area (Å²) in [4.78, 5) is 22.9. The monoisotopic (exact) mass is 247 g/mol. The Morgan fingerprint density at radius 3 is 2.56 bits per heavy atom. The Morgan fingerprint density at radius 2 is 2.06 bits per heavy atom. The summed E-state index contributed by atoms with van der Waals surface area (Å²) in [7, 11) is 1.36. The van der Waals surface area contributed by atoms with Crippen LogP contribution in [-0.4, -0.2) is 25.5 Å². The summed E-state index contributed by atoms with van der Waals surface area (Å²) < 4.78 is 4.64. The average molecular weight is 247 g/mol. The highest BCUT2D eigenvalue weighted by atomic mass is 16.5. The zero-order valence-electron chi connectivity index (χ0n) is 10.6. The van der Waals surface area contributed by atoms with E-state index in [0.29, 0.717) is 17.9 Å². The Hall–Kier alpha value is -1.84. The number of carbonyl (C=O) groups is 2. The fourth-order valence-electron chi connectivity index (χ4n) is 2.24. The van der Waals surface area contributed by atoms with Crippen molar-refractivity contribution in [1.82, 2.24) is 5.32 Å². The fraction of sp³-hybridized carbons (Fsp3) is 0.429. The second-order valence-corrected chi connectivity index (χ2v) is 4.72. The van der Waals surface area contributed by atoms with Crippen molar-refractivity contribution < 1.29 is 14.3 Å². The van der Waals surface area contributed by atoms with Crippen LogP contribution in [0.3, 0.4) is 0 Å². The van der Waals surface area contributed by atoms with Gasteiger partial charge in [-0.2, -0.15) is 0 Å². The SMILES string of the molecule is COC(=O)c1ccc(C[C@H]2C(=O)NCC2C)cc1. The fourth-order valence-corrected chi connectivity index (χ4v) is 2.24. The Morgan fingerprint density at radius 1 is 1.39 bits per heavy atom. The summed E-state index contributed by atoms with van der Waals surface area (Å²) in [5.74, 6) is 0.180. The molecule has 0 radical (unpaired) electrons. The van der Waals surface area contributed by atoms with Crippen molar-refractivity contribution in [1.29, 1.82) is 0 Å². The summed E-state index contributed by atoms with van der Waals surface area (Å²) in [6, 6.07) is 7.23. The highest BCUT2D eigenvalue weighted by Crippen LogP contribution is 2.22. The van der Waals surface area contributed by atoms with Crippen LogP contribution in [0.2, 0.25) is 0 Å². The van der Waals surface area contributed by atoms with Crippen molar-refractivity contribution in [3.8, 4) is 0 Å². The second-order valence-electron chi connectivity index (χ2n) is 4.72. The van der Waals surface area contributed by atoms with Crippen molar-refractivity contribution >= 4 is 11.9 Å². The van der Waals surface area contributed by atoms with E-state index in [1.54, 1.807) is 12.1 Å². The molecule has 2 atom stereocenters. The molecule has 4 nitrogen and oxygen atoms in total. The molecule has 1 fully saturated rings.